The van der Waals surface area contributed by atoms with E-state index in [9.17, 15) is 4.79 Å². The smallest absolute Gasteiger partial charge is 0.133 e. The van der Waals surface area contributed by atoms with Crippen LogP contribution in [0.1, 0.15) is 31.4 Å². The highest BCUT2D eigenvalue weighted by Gasteiger charge is 2.39. The SMILES string of the molecule is CN(C)C1(c2ccccn2)CCC(=O)CC1. The van der Waals surface area contributed by atoms with Crippen molar-refractivity contribution in [3.05, 3.63) is 30.1 Å². The van der Waals surface area contributed by atoms with Crippen LogP contribution in [-0.4, -0.2) is 29.8 Å². The van der Waals surface area contributed by atoms with Gasteiger partial charge in [-0.15, -0.1) is 0 Å². The van der Waals surface area contributed by atoms with Crippen molar-refractivity contribution >= 4 is 5.78 Å². The number of hydrogen-bond donors (Lipinski definition) is 0. The lowest BCUT2D eigenvalue weighted by molar-refractivity contribution is -0.122. The largest absolute Gasteiger partial charge is 0.300 e. The predicted octanol–water partition coefficient (Wildman–Crippen LogP) is 1.98. The van der Waals surface area contributed by atoms with E-state index in [1.54, 1.807) is 0 Å². The van der Waals surface area contributed by atoms with Gasteiger partial charge in [0.1, 0.15) is 5.78 Å². The van der Waals surface area contributed by atoms with Gasteiger partial charge in [-0.2, -0.15) is 0 Å². The van der Waals surface area contributed by atoms with Gasteiger partial charge in [-0.25, -0.2) is 0 Å². The molecule has 0 bridgehead atoms. The number of aromatic nitrogens is 1. The molecule has 1 aliphatic carbocycles. The first-order valence-electron chi connectivity index (χ1n) is 5.76. The number of pyridine rings is 1. The first-order chi connectivity index (χ1) is 7.65. The Morgan fingerprint density at radius 3 is 2.44 bits per heavy atom. The predicted molar refractivity (Wildman–Crippen MR) is 63.1 cm³/mol. The van der Waals surface area contributed by atoms with Crippen molar-refractivity contribution in [2.75, 3.05) is 14.1 Å². The normalized spacial score (nSPS) is 20.1. The number of Topliss-reactive ketones (excluding diaryl/α,β-unsaturated/α-hetero) is 1. The molecule has 0 spiro atoms. The molecule has 86 valence electrons. The first kappa shape index (κ1) is 11.3. The van der Waals surface area contributed by atoms with Gasteiger partial charge in [0.25, 0.3) is 0 Å². The van der Waals surface area contributed by atoms with Crippen molar-refractivity contribution in [3.8, 4) is 0 Å². The van der Waals surface area contributed by atoms with Crippen LogP contribution in [0.2, 0.25) is 0 Å². The van der Waals surface area contributed by atoms with Crippen LogP contribution in [0.3, 0.4) is 0 Å². The maximum absolute atomic E-state index is 11.4. The molecule has 1 heterocycles. The summed E-state index contributed by atoms with van der Waals surface area (Å²) in [5.74, 6) is 0.383. The van der Waals surface area contributed by atoms with Crippen LogP contribution in [0.4, 0.5) is 0 Å². The van der Waals surface area contributed by atoms with E-state index >= 15 is 0 Å². The Balaban J connectivity index is 2.33. The van der Waals surface area contributed by atoms with Crippen LogP contribution >= 0.6 is 0 Å². The number of hydrogen-bond acceptors (Lipinski definition) is 3. The molecule has 1 aromatic heterocycles. The molecule has 0 radical (unpaired) electrons. The summed E-state index contributed by atoms with van der Waals surface area (Å²) >= 11 is 0. The number of ketones is 1. The summed E-state index contributed by atoms with van der Waals surface area (Å²) in [6.07, 6.45) is 4.95. The number of nitrogens with zero attached hydrogens (tertiary/aromatic N) is 2. The second-order valence-electron chi connectivity index (χ2n) is 4.68. The minimum absolute atomic E-state index is 0.0465. The van der Waals surface area contributed by atoms with Gasteiger partial charge >= 0.3 is 0 Å². The highest BCUT2D eigenvalue weighted by molar-refractivity contribution is 5.79. The second kappa shape index (κ2) is 4.34. The second-order valence-corrected chi connectivity index (χ2v) is 4.68. The molecule has 0 aromatic carbocycles. The molecule has 3 heteroatoms. The summed E-state index contributed by atoms with van der Waals surface area (Å²) in [6.45, 7) is 0. The zero-order valence-electron chi connectivity index (χ0n) is 9.94. The van der Waals surface area contributed by atoms with Crippen molar-refractivity contribution < 1.29 is 4.79 Å². The van der Waals surface area contributed by atoms with Crippen LogP contribution in [0.25, 0.3) is 0 Å². The topological polar surface area (TPSA) is 33.2 Å². The van der Waals surface area contributed by atoms with Crippen molar-refractivity contribution in [1.82, 2.24) is 9.88 Å². The Labute approximate surface area is 96.5 Å². The molecule has 1 fully saturated rings. The van der Waals surface area contributed by atoms with Crippen LogP contribution in [0.15, 0.2) is 24.4 Å². The van der Waals surface area contributed by atoms with Crippen LogP contribution in [0.5, 0.6) is 0 Å². The van der Waals surface area contributed by atoms with Gasteiger partial charge in [0.15, 0.2) is 0 Å². The Bertz CT molecular complexity index is 363. The molecule has 1 saturated carbocycles. The van der Waals surface area contributed by atoms with E-state index in [0.717, 1.165) is 18.5 Å². The maximum Gasteiger partial charge on any atom is 0.133 e. The fourth-order valence-electron chi connectivity index (χ4n) is 2.51. The average molecular weight is 218 g/mol. The number of carbonyl (C=O) groups excluding carboxylic acids is 1. The van der Waals surface area contributed by atoms with Crippen LogP contribution < -0.4 is 0 Å². The average Bonchev–Trinajstić information content (AvgIpc) is 2.31. The molecule has 1 aromatic rings. The summed E-state index contributed by atoms with van der Waals surface area (Å²) < 4.78 is 0. The quantitative estimate of drug-likeness (QED) is 0.761. The molecular formula is C13H18N2O. The van der Waals surface area contributed by atoms with Crippen LogP contribution in [0, 0.1) is 0 Å². The van der Waals surface area contributed by atoms with E-state index in [4.69, 9.17) is 0 Å². The number of carbonyl (C=O) groups is 1. The van der Waals surface area contributed by atoms with Crippen molar-refractivity contribution in [2.45, 2.75) is 31.2 Å². The molecule has 2 rings (SSSR count). The molecular weight excluding hydrogens is 200 g/mol. The fourth-order valence-corrected chi connectivity index (χ4v) is 2.51. The van der Waals surface area contributed by atoms with Gasteiger partial charge in [0.2, 0.25) is 0 Å². The third-order valence-electron chi connectivity index (χ3n) is 3.63. The maximum atomic E-state index is 11.4. The number of rotatable bonds is 2. The lowest BCUT2D eigenvalue weighted by Gasteiger charge is -2.42. The Morgan fingerprint density at radius 1 is 1.25 bits per heavy atom. The molecule has 1 aliphatic rings. The van der Waals surface area contributed by atoms with Gasteiger partial charge in [-0.05, 0) is 39.1 Å². The molecule has 0 unspecified atom stereocenters. The molecule has 0 N–H and O–H groups in total. The standard InChI is InChI=1S/C13H18N2O/c1-15(2)13(8-6-11(16)7-9-13)12-5-3-4-10-14-12/h3-5,10H,6-9H2,1-2H3. The van der Waals surface area contributed by atoms with Crippen LogP contribution in [-0.2, 0) is 10.3 Å². The Morgan fingerprint density at radius 2 is 1.94 bits per heavy atom. The molecule has 16 heavy (non-hydrogen) atoms. The highest BCUT2D eigenvalue weighted by atomic mass is 16.1. The molecule has 3 nitrogen and oxygen atoms in total. The van der Waals surface area contributed by atoms with E-state index in [0.29, 0.717) is 18.6 Å². The van der Waals surface area contributed by atoms with Gasteiger partial charge in [-0.3, -0.25) is 14.7 Å². The molecule has 0 saturated heterocycles. The fraction of sp³-hybridized carbons (Fsp3) is 0.538. The van der Waals surface area contributed by atoms with Gasteiger partial charge < -0.3 is 0 Å². The van der Waals surface area contributed by atoms with Crippen molar-refractivity contribution in [1.29, 1.82) is 0 Å². The highest BCUT2D eigenvalue weighted by Crippen LogP contribution is 2.38. The monoisotopic (exact) mass is 218 g/mol. The molecule has 0 atom stereocenters. The Hall–Kier alpha value is -1.22. The Kier molecular flexibility index (Phi) is 3.06. The summed E-state index contributed by atoms with van der Waals surface area (Å²) in [5.41, 5.74) is 1.04. The molecule has 0 amide bonds. The third-order valence-corrected chi connectivity index (χ3v) is 3.63. The van der Waals surface area contributed by atoms with Gasteiger partial charge in [0.05, 0.1) is 11.2 Å². The minimum Gasteiger partial charge on any atom is -0.300 e. The summed E-state index contributed by atoms with van der Waals surface area (Å²) in [7, 11) is 4.15. The third kappa shape index (κ3) is 1.87. The van der Waals surface area contributed by atoms with E-state index < -0.39 is 0 Å². The minimum atomic E-state index is -0.0465. The first-order valence-corrected chi connectivity index (χ1v) is 5.76. The van der Waals surface area contributed by atoms with Crippen molar-refractivity contribution in [2.24, 2.45) is 0 Å². The van der Waals surface area contributed by atoms with Gasteiger partial charge in [-0.1, -0.05) is 6.07 Å². The summed E-state index contributed by atoms with van der Waals surface area (Å²) in [6, 6.07) is 6.01. The zero-order valence-corrected chi connectivity index (χ0v) is 9.94. The van der Waals surface area contributed by atoms with E-state index in [-0.39, 0.29) is 5.54 Å². The van der Waals surface area contributed by atoms with Crippen molar-refractivity contribution in [3.63, 3.8) is 0 Å². The zero-order chi connectivity index (χ0) is 11.6. The van der Waals surface area contributed by atoms with Gasteiger partial charge in [0, 0.05) is 19.0 Å². The van der Waals surface area contributed by atoms with E-state index in [2.05, 4.69) is 30.0 Å². The van der Waals surface area contributed by atoms with E-state index in [1.807, 2.05) is 18.3 Å². The summed E-state index contributed by atoms with van der Waals surface area (Å²) in [4.78, 5) is 18.0. The molecule has 0 aliphatic heterocycles. The summed E-state index contributed by atoms with van der Waals surface area (Å²) in [5, 5.41) is 0. The lowest BCUT2D eigenvalue weighted by Crippen LogP contribution is -2.45. The lowest BCUT2D eigenvalue weighted by atomic mass is 9.77. The van der Waals surface area contributed by atoms with E-state index in [1.165, 1.54) is 0 Å².